The molecule has 3 N–H and O–H groups in total. The molecule has 9 heteroatoms. The largest absolute Gasteiger partial charge is 0.364 e. The number of aromatic amines is 1. The number of nitrogens with two attached hydrogens (primary N) is 1. The SMILES string of the molecule is NC(=O)c1cnnn1CCn1c(=O)cc[nH]c1=O. The number of nitrogens with one attached hydrogen (secondary N) is 1. The monoisotopic (exact) mass is 250 g/mol. The van der Waals surface area contributed by atoms with Gasteiger partial charge in [0.05, 0.1) is 19.3 Å². The van der Waals surface area contributed by atoms with E-state index in [9.17, 15) is 14.4 Å². The summed E-state index contributed by atoms with van der Waals surface area (Å²) in [5.41, 5.74) is 4.28. The molecule has 9 nitrogen and oxygen atoms in total. The van der Waals surface area contributed by atoms with E-state index < -0.39 is 17.2 Å². The fourth-order valence-corrected chi connectivity index (χ4v) is 1.47. The van der Waals surface area contributed by atoms with E-state index in [0.717, 1.165) is 4.57 Å². The number of nitrogens with zero attached hydrogens (tertiary/aromatic N) is 4. The van der Waals surface area contributed by atoms with E-state index in [2.05, 4.69) is 15.3 Å². The van der Waals surface area contributed by atoms with E-state index in [-0.39, 0.29) is 18.8 Å². The zero-order valence-corrected chi connectivity index (χ0v) is 9.24. The highest BCUT2D eigenvalue weighted by molar-refractivity contribution is 5.90. The Hall–Kier alpha value is -2.71. The molecule has 0 spiro atoms. The van der Waals surface area contributed by atoms with Crippen molar-refractivity contribution in [3.63, 3.8) is 0 Å². The van der Waals surface area contributed by atoms with Gasteiger partial charge in [0.15, 0.2) is 0 Å². The summed E-state index contributed by atoms with van der Waals surface area (Å²) in [5, 5.41) is 7.19. The smallest absolute Gasteiger partial charge is 0.328 e. The molecule has 0 atom stereocenters. The maximum Gasteiger partial charge on any atom is 0.328 e. The number of H-pyrrole nitrogens is 1. The Kier molecular flexibility index (Phi) is 3.04. The maximum atomic E-state index is 11.4. The summed E-state index contributed by atoms with van der Waals surface area (Å²) in [6.45, 7) is 0.212. The van der Waals surface area contributed by atoms with E-state index in [4.69, 9.17) is 5.73 Å². The lowest BCUT2D eigenvalue weighted by atomic mass is 10.4. The summed E-state index contributed by atoms with van der Waals surface area (Å²) >= 11 is 0. The van der Waals surface area contributed by atoms with Crippen LogP contribution in [0.2, 0.25) is 0 Å². The van der Waals surface area contributed by atoms with E-state index >= 15 is 0 Å². The van der Waals surface area contributed by atoms with Gasteiger partial charge in [0, 0.05) is 12.3 Å². The topological polar surface area (TPSA) is 129 Å². The van der Waals surface area contributed by atoms with Gasteiger partial charge in [0.1, 0.15) is 5.69 Å². The van der Waals surface area contributed by atoms with Crippen LogP contribution in [0.3, 0.4) is 0 Å². The van der Waals surface area contributed by atoms with Crippen molar-refractivity contribution in [1.29, 1.82) is 0 Å². The summed E-state index contributed by atoms with van der Waals surface area (Å²) < 4.78 is 2.23. The third kappa shape index (κ3) is 2.19. The molecule has 0 unspecified atom stereocenters. The minimum Gasteiger partial charge on any atom is -0.364 e. The van der Waals surface area contributed by atoms with Gasteiger partial charge in [0.25, 0.3) is 11.5 Å². The fraction of sp³-hybridized carbons (Fsp3) is 0.222. The number of carbonyl (C=O) groups excluding carboxylic acids is 1. The molecule has 94 valence electrons. The number of aromatic nitrogens is 5. The Labute approximate surface area is 99.9 Å². The normalized spacial score (nSPS) is 10.4. The lowest BCUT2D eigenvalue weighted by Crippen LogP contribution is -2.35. The summed E-state index contributed by atoms with van der Waals surface area (Å²) in [7, 11) is 0. The molecule has 2 rings (SSSR count). The van der Waals surface area contributed by atoms with E-state index in [1.165, 1.54) is 23.1 Å². The summed E-state index contributed by atoms with van der Waals surface area (Å²) in [5.74, 6) is -0.672. The van der Waals surface area contributed by atoms with Gasteiger partial charge in [-0.25, -0.2) is 9.48 Å². The Morgan fingerprint density at radius 2 is 2.17 bits per heavy atom. The van der Waals surface area contributed by atoms with Crippen molar-refractivity contribution in [2.24, 2.45) is 5.73 Å². The van der Waals surface area contributed by atoms with Gasteiger partial charge < -0.3 is 10.7 Å². The second kappa shape index (κ2) is 4.65. The Bertz CT molecular complexity index is 654. The number of hydrogen-bond donors (Lipinski definition) is 2. The highest BCUT2D eigenvalue weighted by atomic mass is 16.2. The highest BCUT2D eigenvalue weighted by Crippen LogP contribution is 1.94. The van der Waals surface area contributed by atoms with Gasteiger partial charge in [-0.2, -0.15) is 0 Å². The molecule has 0 aliphatic rings. The van der Waals surface area contributed by atoms with Crippen LogP contribution < -0.4 is 17.0 Å². The van der Waals surface area contributed by atoms with Crippen molar-refractivity contribution >= 4 is 5.91 Å². The Balaban J connectivity index is 2.22. The highest BCUT2D eigenvalue weighted by Gasteiger charge is 2.10. The van der Waals surface area contributed by atoms with Crippen LogP contribution in [-0.2, 0) is 13.1 Å². The molecule has 0 bridgehead atoms. The summed E-state index contributed by atoms with van der Waals surface area (Å²) in [4.78, 5) is 36.2. The lowest BCUT2D eigenvalue weighted by Gasteiger charge is -2.05. The van der Waals surface area contributed by atoms with Crippen LogP contribution in [0.1, 0.15) is 10.5 Å². The van der Waals surface area contributed by atoms with Crippen LogP contribution in [0, 0.1) is 0 Å². The number of carbonyl (C=O) groups is 1. The second-order valence-electron chi connectivity index (χ2n) is 3.48. The van der Waals surface area contributed by atoms with Crippen LogP contribution >= 0.6 is 0 Å². The molecule has 0 saturated carbocycles. The molecule has 2 aromatic heterocycles. The minimum absolute atomic E-state index is 0.0681. The molecule has 0 aliphatic heterocycles. The van der Waals surface area contributed by atoms with Crippen molar-refractivity contribution in [2.75, 3.05) is 0 Å². The van der Waals surface area contributed by atoms with E-state index in [0.29, 0.717) is 0 Å². The average molecular weight is 250 g/mol. The van der Waals surface area contributed by atoms with E-state index in [1.54, 1.807) is 0 Å². The van der Waals surface area contributed by atoms with Crippen LogP contribution in [-0.4, -0.2) is 30.5 Å². The van der Waals surface area contributed by atoms with Crippen molar-refractivity contribution in [1.82, 2.24) is 24.5 Å². The fourth-order valence-electron chi connectivity index (χ4n) is 1.47. The first-order valence-corrected chi connectivity index (χ1v) is 5.06. The molecule has 0 fully saturated rings. The van der Waals surface area contributed by atoms with Crippen molar-refractivity contribution in [3.8, 4) is 0 Å². The standard InChI is InChI=1S/C9H10N6O3/c10-8(17)6-5-12-13-15(6)4-3-14-7(16)1-2-11-9(14)18/h1-2,5H,3-4H2,(H2,10,17)(H,11,18). The number of hydrogen-bond acceptors (Lipinski definition) is 5. The lowest BCUT2D eigenvalue weighted by molar-refractivity contribution is 0.0989. The van der Waals surface area contributed by atoms with Crippen LogP contribution in [0.4, 0.5) is 0 Å². The first kappa shape index (κ1) is 11.8. The summed E-state index contributed by atoms with van der Waals surface area (Å²) in [6.07, 6.45) is 2.49. The first-order valence-electron chi connectivity index (χ1n) is 5.06. The van der Waals surface area contributed by atoms with Crippen LogP contribution in [0.5, 0.6) is 0 Å². The van der Waals surface area contributed by atoms with Gasteiger partial charge in [-0.3, -0.25) is 14.2 Å². The zero-order valence-electron chi connectivity index (χ0n) is 9.24. The Morgan fingerprint density at radius 1 is 1.39 bits per heavy atom. The van der Waals surface area contributed by atoms with Gasteiger partial charge >= 0.3 is 5.69 Å². The van der Waals surface area contributed by atoms with Gasteiger partial charge in [-0.15, -0.1) is 5.10 Å². The quantitative estimate of drug-likeness (QED) is 0.643. The average Bonchev–Trinajstić information content (AvgIpc) is 2.76. The third-order valence-corrected chi connectivity index (χ3v) is 2.35. The van der Waals surface area contributed by atoms with Crippen LogP contribution in [0.25, 0.3) is 0 Å². The minimum atomic E-state index is -0.672. The molecule has 0 aromatic carbocycles. The molecule has 2 heterocycles. The molecule has 2 aromatic rings. The maximum absolute atomic E-state index is 11.4. The zero-order chi connectivity index (χ0) is 13.1. The van der Waals surface area contributed by atoms with Gasteiger partial charge in [-0.1, -0.05) is 5.21 Å². The third-order valence-electron chi connectivity index (χ3n) is 2.35. The van der Waals surface area contributed by atoms with Gasteiger partial charge in [0.2, 0.25) is 0 Å². The molecular weight excluding hydrogens is 240 g/mol. The number of aryl methyl sites for hydroxylation is 1. The molecule has 0 saturated heterocycles. The second-order valence-corrected chi connectivity index (χ2v) is 3.48. The van der Waals surface area contributed by atoms with Crippen molar-refractivity contribution in [3.05, 3.63) is 45.0 Å². The molecule has 0 radical (unpaired) electrons. The van der Waals surface area contributed by atoms with Crippen LogP contribution in [0.15, 0.2) is 28.0 Å². The van der Waals surface area contributed by atoms with Crippen molar-refractivity contribution in [2.45, 2.75) is 13.1 Å². The molecule has 18 heavy (non-hydrogen) atoms. The predicted octanol–water partition coefficient (Wildman–Crippen LogP) is -2.07. The van der Waals surface area contributed by atoms with Gasteiger partial charge in [-0.05, 0) is 0 Å². The Morgan fingerprint density at radius 3 is 2.83 bits per heavy atom. The van der Waals surface area contributed by atoms with E-state index in [1.807, 2.05) is 0 Å². The number of primary amides is 1. The number of rotatable bonds is 4. The van der Waals surface area contributed by atoms with Crippen molar-refractivity contribution < 1.29 is 4.79 Å². The molecule has 0 aliphatic carbocycles. The molecule has 1 amide bonds. The summed E-state index contributed by atoms with van der Waals surface area (Å²) in [6, 6.07) is 1.23. The predicted molar refractivity (Wildman–Crippen MR) is 59.9 cm³/mol. The molecular formula is C9H10N6O3. The number of amides is 1. The first-order chi connectivity index (χ1) is 8.59.